The monoisotopic (exact) mass is 348 g/mol. The summed E-state index contributed by atoms with van der Waals surface area (Å²) >= 11 is 0. The van der Waals surface area contributed by atoms with E-state index in [4.69, 9.17) is 4.74 Å². The fourth-order valence-electron chi connectivity index (χ4n) is 2.34. The molecule has 130 valence electrons. The maximum atomic E-state index is 12.8. The number of anilines is 2. The van der Waals surface area contributed by atoms with Crippen LogP contribution in [0, 0.1) is 6.92 Å². The van der Waals surface area contributed by atoms with E-state index in [1.54, 1.807) is 23.0 Å². The molecular formula is C17H15F3N4O. The van der Waals surface area contributed by atoms with E-state index in [1.165, 1.54) is 19.2 Å². The van der Waals surface area contributed by atoms with Crippen LogP contribution in [0.1, 0.15) is 11.3 Å². The zero-order valence-electron chi connectivity index (χ0n) is 13.5. The van der Waals surface area contributed by atoms with Crippen molar-refractivity contribution in [1.29, 1.82) is 0 Å². The molecule has 8 heteroatoms. The van der Waals surface area contributed by atoms with Gasteiger partial charge in [0.2, 0.25) is 5.88 Å². The van der Waals surface area contributed by atoms with Crippen LogP contribution in [-0.2, 0) is 6.18 Å². The van der Waals surface area contributed by atoms with E-state index >= 15 is 0 Å². The Hall–Kier alpha value is -3.03. The number of benzene rings is 1. The minimum Gasteiger partial charge on any atom is -0.481 e. The van der Waals surface area contributed by atoms with E-state index in [-0.39, 0.29) is 5.69 Å². The van der Waals surface area contributed by atoms with E-state index in [9.17, 15) is 13.2 Å². The van der Waals surface area contributed by atoms with Crippen LogP contribution >= 0.6 is 0 Å². The van der Waals surface area contributed by atoms with Crippen molar-refractivity contribution >= 4 is 11.5 Å². The molecule has 0 saturated carbocycles. The Morgan fingerprint density at radius 1 is 1.12 bits per heavy atom. The van der Waals surface area contributed by atoms with Gasteiger partial charge >= 0.3 is 6.18 Å². The molecule has 0 amide bonds. The Labute approximate surface area is 142 Å². The molecule has 0 bridgehead atoms. The summed E-state index contributed by atoms with van der Waals surface area (Å²) < 4.78 is 45.3. The Kier molecular flexibility index (Phi) is 4.35. The first-order chi connectivity index (χ1) is 11.9. The van der Waals surface area contributed by atoms with E-state index in [0.29, 0.717) is 11.7 Å². The first kappa shape index (κ1) is 16.8. The maximum Gasteiger partial charge on any atom is 0.416 e. The molecule has 0 fully saturated rings. The summed E-state index contributed by atoms with van der Waals surface area (Å²) in [5.41, 5.74) is 1.10. The lowest BCUT2D eigenvalue weighted by atomic mass is 10.2. The first-order valence-electron chi connectivity index (χ1n) is 7.38. The third-order valence-corrected chi connectivity index (χ3v) is 3.47. The number of aromatic nitrogens is 3. The van der Waals surface area contributed by atoms with E-state index < -0.39 is 11.7 Å². The molecule has 2 heterocycles. The highest BCUT2D eigenvalue weighted by molar-refractivity contribution is 5.59. The van der Waals surface area contributed by atoms with Gasteiger partial charge in [-0.2, -0.15) is 17.9 Å². The van der Waals surface area contributed by atoms with Crippen LogP contribution in [0.4, 0.5) is 24.7 Å². The topological polar surface area (TPSA) is 52.0 Å². The van der Waals surface area contributed by atoms with E-state index in [1.807, 2.05) is 13.0 Å². The number of ether oxygens (including phenoxy) is 1. The molecule has 1 aromatic carbocycles. The summed E-state index contributed by atoms with van der Waals surface area (Å²) in [4.78, 5) is 4.12. The normalized spacial score (nSPS) is 11.4. The van der Waals surface area contributed by atoms with Crippen LogP contribution in [0.5, 0.6) is 5.88 Å². The number of rotatable bonds is 4. The average molecular weight is 348 g/mol. The number of pyridine rings is 1. The second-order valence-electron chi connectivity index (χ2n) is 5.34. The summed E-state index contributed by atoms with van der Waals surface area (Å²) in [7, 11) is 1.50. The number of halogens is 3. The Morgan fingerprint density at radius 3 is 2.60 bits per heavy atom. The van der Waals surface area contributed by atoms with Crippen molar-refractivity contribution < 1.29 is 17.9 Å². The SMILES string of the molecule is COc1cc(Nc2cccc(C(F)(F)F)c2)nn1-c1ccnc(C)c1. The van der Waals surface area contributed by atoms with Crippen LogP contribution in [0.2, 0.25) is 0 Å². The van der Waals surface area contributed by atoms with E-state index in [0.717, 1.165) is 23.5 Å². The van der Waals surface area contributed by atoms with Crippen LogP contribution in [0.15, 0.2) is 48.7 Å². The number of nitrogens with zero attached hydrogens (tertiary/aromatic N) is 3. The van der Waals surface area contributed by atoms with Crippen molar-refractivity contribution in [3.63, 3.8) is 0 Å². The number of hydrogen-bond acceptors (Lipinski definition) is 4. The van der Waals surface area contributed by atoms with Gasteiger partial charge in [0.05, 0.1) is 18.4 Å². The summed E-state index contributed by atoms with van der Waals surface area (Å²) in [6.07, 6.45) is -2.75. The molecule has 25 heavy (non-hydrogen) atoms. The molecule has 0 aliphatic heterocycles. The number of methoxy groups -OCH3 is 1. The fraction of sp³-hybridized carbons (Fsp3) is 0.176. The molecule has 3 rings (SSSR count). The zero-order valence-corrected chi connectivity index (χ0v) is 13.5. The smallest absolute Gasteiger partial charge is 0.416 e. The molecule has 1 N–H and O–H groups in total. The molecule has 0 spiro atoms. The van der Waals surface area contributed by atoms with Crippen LogP contribution in [0.3, 0.4) is 0 Å². The van der Waals surface area contributed by atoms with Crippen molar-refractivity contribution in [3.8, 4) is 11.6 Å². The van der Waals surface area contributed by atoms with Gasteiger partial charge in [0, 0.05) is 23.6 Å². The number of aryl methyl sites for hydroxylation is 1. The minimum atomic E-state index is -4.40. The Bertz CT molecular complexity index is 890. The standard InChI is InChI=1S/C17H15F3N4O/c1-11-8-14(6-7-21-11)24-16(25-2)10-15(23-24)22-13-5-3-4-12(9-13)17(18,19)20/h3-10H,1-2H3,(H,22,23). The van der Waals surface area contributed by atoms with Gasteiger partial charge in [0.25, 0.3) is 0 Å². The molecule has 5 nitrogen and oxygen atoms in total. The molecule has 0 aliphatic rings. The molecule has 0 saturated heterocycles. The predicted molar refractivity (Wildman–Crippen MR) is 87.4 cm³/mol. The third-order valence-electron chi connectivity index (χ3n) is 3.47. The van der Waals surface area contributed by atoms with Crippen molar-refractivity contribution in [2.45, 2.75) is 13.1 Å². The number of hydrogen-bond donors (Lipinski definition) is 1. The number of alkyl halides is 3. The van der Waals surface area contributed by atoms with Crippen molar-refractivity contribution in [2.24, 2.45) is 0 Å². The van der Waals surface area contributed by atoms with Crippen LogP contribution < -0.4 is 10.1 Å². The summed E-state index contributed by atoms with van der Waals surface area (Å²) in [5.74, 6) is 0.811. The highest BCUT2D eigenvalue weighted by Crippen LogP contribution is 2.32. The first-order valence-corrected chi connectivity index (χ1v) is 7.38. The highest BCUT2D eigenvalue weighted by Gasteiger charge is 2.30. The lowest BCUT2D eigenvalue weighted by Crippen LogP contribution is -2.05. The lowest BCUT2D eigenvalue weighted by molar-refractivity contribution is -0.137. The molecule has 2 aromatic heterocycles. The van der Waals surface area contributed by atoms with Gasteiger partial charge in [0.15, 0.2) is 5.82 Å². The largest absolute Gasteiger partial charge is 0.481 e. The van der Waals surface area contributed by atoms with E-state index in [2.05, 4.69) is 15.4 Å². The number of nitrogens with one attached hydrogen (secondary N) is 1. The quantitative estimate of drug-likeness (QED) is 0.762. The van der Waals surface area contributed by atoms with Gasteiger partial charge in [-0.05, 0) is 37.3 Å². The van der Waals surface area contributed by atoms with Gasteiger partial charge in [-0.3, -0.25) is 4.98 Å². The van der Waals surface area contributed by atoms with Crippen LogP contribution in [-0.4, -0.2) is 21.9 Å². The van der Waals surface area contributed by atoms with Crippen molar-refractivity contribution in [1.82, 2.24) is 14.8 Å². The lowest BCUT2D eigenvalue weighted by Gasteiger charge is -2.09. The summed E-state index contributed by atoms with van der Waals surface area (Å²) in [5, 5.41) is 7.22. The maximum absolute atomic E-state index is 12.8. The molecule has 0 unspecified atom stereocenters. The fourth-order valence-corrected chi connectivity index (χ4v) is 2.34. The zero-order chi connectivity index (χ0) is 18.0. The average Bonchev–Trinajstić information content (AvgIpc) is 2.97. The van der Waals surface area contributed by atoms with Crippen LogP contribution in [0.25, 0.3) is 5.69 Å². The highest BCUT2D eigenvalue weighted by atomic mass is 19.4. The predicted octanol–water partition coefficient (Wildman–Crippen LogP) is 4.35. The Balaban J connectivity index is 1.92. The van der Waals surface area contributed by atoms with Gasteiger partial charge < -0.3 is 10.1 Å². The van der Waals surface area contributed by atoms with Crippen molar-refractivity contribution in [3.05, 3.63) is 59.9 Å². The van der Waals surface area contributed by atoms with Gasteiger partial charge in [0.1, 0.15) is 0 Å². The van der Waals surface area contributed by atoms with Gasteiger partial charge in [-0.1, -0.05) is 6.07 Å². The van der Waals surface area contributed by atoms with Crippen molar-refractivity contribution in [2.75, 3.05) is 12.4 Å². The second-order valence-corrected chi connectivity index (χ2v) is 5.34. The Morgan fingerprint density at radius 2 is 1.92 bits per heavy atom. The second kappa shape index (κ2) is 6.46. The third kappa shape index (κ3) is 3.73. The van der Waals surface area contributed by atoms with Gasteiger partial charge in [-0.15, -0.1) is 5.10 Å². The molecule has 0 aliphatic carbocycles. The molecule has 0 atom stereocenters. The van der Waals surface area contributed by atoms with Gasteiger partial charge in [-0.25, -0.2) is 0 Å². The molecule has 0 radical (unpaired) electrons. The summed E-state index contributed by atoms with van der Waals surface area (Å²) in [6.45, 7) is 1.85. The molecular weight excluding hydrogens is 333 g/mol. The minimum absolute atomic E-state index is 0.285. The summed E-state index contributed by atoms with van der Waals surface area (Å²) in [6, 6.07) is 10.1. The molecule has 3 aromatic rings.